The molecule has 3 aliphatic rings. The molecule has 0 unspecified atom stereocenters. The first-order valence-corrected chi connectivity index (χ1v) is 15.0. The van der Waals surface area contributed by atoms with Crippen LogP contribution in [0.5, 0.6) is 11.5 Å². The molecule has 1 aliphatic carbocycles. The average Bonchev–Trinajstić information content (AvgIpc) is 3.02. The Kier molecular flexibility index (Phi) is 11.3. The van der Waals surface area contributed by atoms with Gasteiger partial charge < -0.3 is 41.1 Å². The van der Waals surface area contributed by atoms with Crippen LogP contribution in [0.25, 0.3) is 0 Å². The summed E-state index contributed by atoms with van der Waals surface area (Å²) in [6, 6.07) is 0. The second-order valence-electron chi connectivity index (χ2n) is 12.5. The van der Waals surface area contributed by atoms with Crippen molar-refractivity contribution in [1.29, 1.82) is 0 Å². The molecule has 250 valence electrons. The van der Waals surface area contributed by atoms with E-state index < -0.39 is 111 Å². The van der Waals surface area contributed by atoms with E-state index in [9.17, 15) is 54.9 Å². The highest BCUT2D eigenvalue weighted by atomic mass is 16.3. The first kappa shape index (κ1) is 36.5. The summed E-state index contributed by atoms with van der Waals surface area (Å²) in [5, 5.41) is 78.6. The normalized spacial score (nSPS) is 35.0. The summed E-state index contributed by atoms with van der Waals surface area (Å²) < 4.78 is 0. The number of phenols is 2. The van der Waals surface area contributed by atoms with E-state index >= 15 is 0 Å². The molecule has 2 heterocycles. The number of rotatable bonds is 0. The molecule has 0 aromatic heterocycles. The number of Topliss-reactive ketones (excluding diaryl/α,β-unsaturated/α-hetero) is 2. The van der Waals surface area contributed by atoms with Gasteiger partial charge in [0, 0.05) is 40.9 Å². The lowest BCUT2D eigenvalue weighted by Gasteiger charge is -2.36. The summed E-state index contributed by atoms with van der Waals surface area (Å²) in [6.45, 7) is 10.1. The molecule has 1 aromatic rings. The molecule has 0 saturated heterocycles. The number of carbonyl (C=O) groups excluding carboxylic acids is 4. The third kappa shape index (κ3) is 6.91. The zero-order valence-corrected chi connectivity index (χ0v) is 26.8. The van der Waals surface area contributed by atoms with Crippen molar-refractivity contribution < 1.29 is 54.9 Å². The monoisotopic (exact) mass is 641 g/mol. The standard InChI is InChI=1S/C34H43NO11/c1-13-9-8-10-14(2)34(46)35-20-12-21(36)23-24(31(43)19(7)32(44)25(23)33(20)45)27(39)15(3)11-22(37)30(42)18(6)29(41)17(5)28(40)16(4)26(13)38/h8-13,16-18,22,26,28-30,37-38,40-44H,1-7H3,(H,35,46)/b9-8-,14-10-,15-11-/t13-,16+,17+,18-,22+,26-,28+,29-,30+/m0/s1. The highest BCUT2D eigenvalue weighted by Crippen LogP contribution is 2.41. The topological polar surface area (TPSA) is 222 Å². The van der Waals surface area contributed by atoms with Crippen LogP contribution < -0.4 is 5.32 Å². The quantitative estimate of drug-likeness (QED) is 0.204. The molecule has 1 amide bonds. The van der Waals surface area contributed by atoms with E-state index in [4.69, 9.17) is 0 Å². The largest absolute Gasteiger partial charge is 0.507 e. The van der Waals surface area contributed by atoms with Gasteiger partial charge in [-0.15, -0.1) is 0 Å². The number of aromatic hydroxyl groups is 2. The van der Waals surface area contributed by atoms with E-state index in [1.165, 1.54) is 46.8 Å². The fraction of sp³-hybridized carbons (Fsp3) is 0.471. The van der Waals surface area contributed by atoms with Gasteiger partial charge in [0.15, 0.2) is 11.6 Å². The van der Waals surface area contributed by atoms with Gasteiger partial charge in [-0.25, -0.2) is 0 Å². The van der Waals surface area contributed by atoms with Gasteiger partial charge in [0.1, 0.15) is 11.5 Å². The molecule has 4 bridgehead atoms. The van der Waals surface area contributed by atoms with Crippen molar-refractivity contribution in [1.82, 2.24) is 5.32 Å². The molecule has 0 radical (unpaired) electrons. The first-order chi connectivity index (χ1) is 21.3. The Morgan fingerprint density at radius 1 is 0.652 bits per heavy atom. The van der Waals surface area contributed by atoms with E-state index in [1.807, 2.05) is 0 Å². The Balaban J connectivity index is 2.20. The number of nitrogens with one attached hydrogen (secondary N) is 1. The highest BCUT2D eigenvalue weighted by molar-refractivity contribution is 6.31. The number of ketones is 3. The molecule has 1 aromatic carbocycles. The van der Waals surface area contributed by atoms with Gasteiger partial charge in [-0.1, -0.05) is 45.9 Å². The number of aliphatic hydroxyl groups is 5. The Bertz CT molecular complexity index is 1550. The molecule has 12 nitrogen and oxygen atoms in total. The third-order valence-corrected chi connectivity index (χ3v) is 9.17. The van der Waals surface area contributed by atoms with Crippen LogP contribution in [-0.2, 0) is 4.79 Å². The molecule has 4 rings (SSSR count). The van der Waals surface area contributed by atoms with Gasteiger partial charge in [0.25, 0.3) is 5.91 Å². The van der Waals surface area contributed by atoms with Gasteiger partial charge in [-0.3, -0.25) is 19.2 Å². The summed E-state index contributed by atoms with van der Waals surface area (Å²) in [4.78, 5) is 53.3. The Morgan fingerprint density at radius 3 is 1.72 bits per heavy atom. The predicted octanol–water partition coefficient (Wildman–Crippen LogP) is 1.78. The van der Waals surface area contributed by atoms with Gasteiger partial charge in [-0.05, 0) is 32.4 Å². The molecule has 2 aliphatic heterocycles. The second kappa shape index (κ2) is 14.2. The minimum absolute atomic E-state index is 0.113. The summed E-state index contributed by atoms with van der Waals surface area (Å²) in [7, 11) is 0. The number of fused-ring (bicyclic) bond motifs is 15. The minimum Gasteiger partial charge on any atom is -0.507 e. The lowest BCUT2D eigenvalue weighted by Crippen LogP contribution is -2.46. The van der Waals surface area contributed by atoms with Crippen LogP contribution in [0.3, 0.4) is 0 Å². The van der Waals surface area contributed by atoms with E-state index in [-0.39, 0.29) is 16.7 Å². The van der Waals surface area contributed by atoms with Gasteiger partial charge in [0.05, 0.1) is 52.9 Å². The van der Waals surface area contributed by atoms with Crippen LogP contribution in [0.1, 0.15) is 78.2 Å². The zero-order chi connectivity index (χ0) is 34.9. The van der Waals surface area contributed by atoms with Gasteiger partial charge in [0.2, 0.25) is 5.78 Å². The van der Waals surface area contributed by atoms with Crippen LogP contribution in [0, 0.1) is 30.6 Å². The lowest BCUT2D eigenvalue weighted by molar-refractivity contribution is -0.116. The molecular weight excluding hydrogens is 598 g/mol. The molecule has 0 saturated carbocycles. The summed E-state index contributed by atoms with van der Waals surface area (Å²) in [5.41, 5.74) is -2.71. The van der Waals surface area contributed by atoms with Crippen molar-refractivity contribution in [2.24, 2.45) is 23.7 Å². The zero-order valence-electron chi connectivity index (χ0n) is 26.8. The Morgan fingerprint density at radius 2 is 1.15 bits per heavy atom. The number of benzene rings is 1. The molecule has 0 spiro atoms. The SMILES string of the molecule is C/C1=C/C=C\[C@H](C)[C@H](O)[C@@H](C)[C@@H](O)[C@@H](C)[C@H](O)[C@H](C)[C@@H](O)[C@H](O)/C=C(/C)C(=O)c2c(O)c(C)c(O)c3c2C(=O)C=C(NC1=O)C3=O. The maximum absolute atomic E-state index is 13.6. The number of phenolic OH excluding ortho intramolecular Hbond substituents is 2. The molecule has 12 heteroatoms. The van der Waals surface area contributed by atoms with Crippen LogP contribution in [-0.4, -0.2) is 89.5 Å². The number of aliphatic hydroxyl groups excluding tert-OH is 5. The molecule has 9 atom stereocenters. The third-order valence-electron chi connectivity index (χ3n) is 9.17. The molecular formula is C34H43NO11. The minimum atomic E-state index is -1.74. The van der Waals surface area contributed by atoms with Gasteiger partial charge >= 0.3 is 0 Å². The van der Waals surface area contributed by atoms with E-state index in [0.717, 1.165) is 12.2 Å². The summed E-state index contributed by atoms with van der Waals surface area (Å²) in [6.07, 6.45) is -0.821. The van der Waals surface area contributed by atoms with Gasteiger partial charge in [-0.2, -0.15) is 0 Å². The predicted molar refractivity (Wildman–Crippen MR) is 167 cm³/mol. The summed E-state index contributed by atoms with van der Waals surface area (Å²) in [5.74, 6) is -8.43. The van der Waals surface area contributed by atoms with E-state index in [1.54, 1.807) is 19.9 Å². The van der Waals surface area contributed by atoms with Crippen molar-refractivity contribution >= 4 is 23.3 Å². The fourth-order valence-corrected chi connectivity index (χ4v) is 5.80. The maximum atomic E-state index is 13.6. The van der Waals surface area contributed by atoms with Crippen molar-refractivity contribution in [2.45, 2.75) is 79.0 Å². The molecule has 0 fully saturated rings. The van der Waals surface area contributed by atoms with Crippen molar-refractivity contribution in [3.63, 3.8) is 0 Å². The molecule has 46 heavy (non-hydrogen) atoms. The van der Waals surface area contributed by atoms with Crippen LogP contribution >= 0.6 is 0 Å². The van der Waals surface area contributed by atoms with Crippen molar-refractivity contribution in [3.05, 3.63) is 69.5 Å². The van der Waals surface area contributed by atoms with Crippen LogP contribution in [0.4, 0.5) is 0 Å². The average molecular weight is 642 g/mol. The Labute approximate surface area is 267 Å². The maximum Gasteiger partial charge on any atom is 0.251 e. The van der Waals surface area contributed by atoms with E-state index in [0.29, 0.717) is 0 Å². The number of hydrogen-bond acceptors (Lipinski definition) is 11. The summed E-state index contributed by atoms with van der Waals surface area (Å²) >= 11 is 0. The fourth-order valence-electron chi connectivity index (χ4n) is 5.80. The smallest absolute Gasteiger partial charge is 0.251 e. The highest BCUT2D eigenvalue weighted by Gasteiger charge is 2.39. The first-order valence-electron chi connectivity index (χ1n) is 15.0. The Hall–Kier alpha value is -3.94. The number of allylic oxidation sites excluding steroid dienone is 5. The van der Waals surface area contributed by atoms with Crippen molar-refractivity contribution in [3.8, 4) is 11.5 Å². The number of amides is 1. The number of carbonyl (C=O) groups is 4. The second-order valence-corrected chi connectivity index (χ2v) is 12.5. The lowest BCUT2D eigenvalue weighted by atomic mass is 9.78. The van der Waals surface area contributed by atoms with Crippen LogP contribution in [0.15, 0.2) is 47.2 Å². The van der Waals surface area contributed by atoms with Crippen molar-refractivity contribution in [2.75, 3.05) is 0 Å². The molecule has 8 N–H and O–H groups in total. The van der Waals surface area contributed by atoms with E-state index in [2.05, 4.69) is 5.32 Å². The number of hydrogen-bond donors (Lipinski definition) is 8. The van der Waals surface area contributed by atoms with Crippen LogP contribution in [0.2, 0.25) is 0 Å².